The van der Waals surface area contributed by atoms with E-state index in [9.17, 15) is 0 Å². The number of aryl methyl sites for hydroxylation is 8. The summed E-state index contributed by atoms with van der Waals surface area (Å²) in [6.07, 6.45) is 8.07. The van der Waals surface area contributed by atoms with Crippen LogP contribution in [0, 0.1) is 27.7 Å². The molecule has 24 rings (SSSR count). The number of fused-ring (bicyclic) bond motifs is 26. The van der Waals surface area contributed by atoms with Crippen molar-refractivity contribution < 1.29 is 56.5 Å². The lowest BCUT2D eigenvalue weighted by Gasteiger charge is -2.22. The van der Waals surface area contributed by atoms with Crippen molar-refractivity contribution in [2.75, 3.05) is 0 Å². The quantitative estimate of drug-likeness (QED) is 0.165. The van der Waals surface area contributed by atoms with Crippen molar-refractivity contribution in [3.63, 3.8) is 0 Å². The van der Waals surface area contributed by atoms with Gasteiger partial charge >= 0.3 is 0 Å². The number of hydrogen-bond acceptors (Lipinski definition) is 4. The molecule has 1 unspecified atom stereocenters. The van der Waals surface area contributed by atoms with Gasteiger partial charge in [0.15, 0.2) is 24.8 Å². The highest BCUT2D eigenvalue weighted by Gasteiger charge is 2.42. The van der Waals surface area contributed by atoms with Gasteiger partial charge in [-0.15, -0.1) is 0 Å². The average molecular weight is 1580 g/mol. The van der Waals surface area contributed by atoms with Crippen LogP contribution in [0.1, 0.15) is 142 Å². The fourth-order valence-electron chi connectivity index (χ4n) is 20.1. The highest BCUT2D eigenvalue weighted by atomic mass is 16.3. The fourth-order valence-corrected chi connectivity index (χ4v) is 20.1. The SMILES string of the molecule is Cc1ccc2c(oc3ccc4c(c32)C(C)(C)c2ccccc2-4)c1-c1cccc[n+]1C.[2H]C([2H])([2H])C1(C([2H])([2H])[2H])c2ccccc2-c2c1ccc1oc3c(-c4cccc[n+]4C)c(C)ccc3c21.[2H]C([2H])([2H])C1(C([2H])([2H])[2H])c2ccccc2-c2cc3c(cc21)oc1c(-c2cccc[n+]2C)c(C)ccc13.[2H]C([2H])([2H])C1(C)c2ccccc2-c2cc3oc4c(-c5cccc[n+]5C)c(C)ccc4c3cc21. The zero-order valence-electron chi connectivity index (χ0n) is 83.6. The van der Waals surface area contributed by atoms with Crippen molar-refractivity contribution in [2.24, 2.45) is 28.2 Å². The molecule has 20 aromatic rings. The molecule has 0 bridgehead atoms. The summed E-state index contributed by atoms with van der Waals surface area (Å²) in [6, 6.07) is 87.1. The first kappa shape index (κ1) is 59.2. The Morgan fingerprint density at radius 1 is 0.242 bits per heavy atom. The molecular weight excluding hydrogens is 1470 g/mol. The molecule has 8 heterocycles. The molecule has 8 heteroatoms. The largest absolute Gasteiger partial charge is 0.455 e. The standard InChI is InChI=1S/4C28H24NO/c1-17-12-13-20-25-23(30-27(20)24(17)22-11-7-8-16-29(22)4)15-14-19-18-9-5-6-10-21(18)28(2,3)26(19)25;1-17-12-13-19-26-23(30-27(19)24(17)22-11-7-8-16-29(22)4)15-14-21-25(26)18-9-5-6-10-20(18)28(21,2)3;1-17-12-13-19-21-15-23-20(18-9-5-6-10-22(18)28(23,2)3)16-25(21)30-27(19)26(17)24-11-7-8-14-29(24)4;1-17-12-13-19-21-15-20-18-9-5-6-10-22(18)28(2,3)23(20)16-25(21)30-27(19)26(17)24-11-7-8-14-29(24)4/h4*5-16H,1-4H3/q4*+1/i;2D3,3D3;2D3;2D3,3D3. The minimum absolute atomic E-state index is 0.0648. The molecule has 1 atom stereocenters. The number of pyridine rings is 4. The number of aromatic nitrogens is 4. The minimum Gasteiger partial charge on any atom is -0.455 e. The Balaban J connectivity index is 0.000000108. The third-order valence-electron chi connectivity index (χ3n) is 26.1. The fraction of sp³-hybridized carbons (Fsp3) is 0.179. The third-order valence-corrected chi connectivity index (χ3v) is 26.1. The summed E-state index contributed by atoms with van der Waals surface area (Å²) in [5.41, 5.74) is 26.1. The Bertz CT molecular complexity index is 8390. The molecule has 0 N–H and O–H groups in total. The topological polar surface area (TPSA) is 68.1 Å². The number of rotatable bonds is 4. The van der Waals surface area contributed by atoms with Gasteiger partial charge in [-0.1, -0.05) is 213 Å². The Hall–Kier alpha value is -13.6. The minimum atomic E-state index is -2.81. The highest BCUT2D eigenvalue weighted by Crippen LogP contribution is 2.58. The van der Waals surface area contributed by atoms with Gasteiger partial charge in [0.2, 0.25) is 22.8 Å². The van der Waals surface area contributed by atoms with Gasteiger partial charge in [0.1, 0.15) is 72.9 Å². The first-order valence-electron chi connectivity index (χ1n) is 48.3. The average Bonchev–Trinajstić information content (AvgIpc) is 1.52. The molecule has 0 saturated carbocycles. The first-order valence-corrected chi connectivity index (χ1v) is 40.8. The van der Waals surface area contributed by atoms with Crippen LogP contribution in [0.25, 0.3) is 177 Å². The van der Waals surface area contributed by atoms with E-state index in [1.165, 1.54) is 49.8 Å². The van der Waals surface area contributed by atoms with Crippen LogP contribution in [-0.2, 0) is 49.9 Å². The molecule has 584 valence electrons. The summed E-state index contributed by atoms with van der Waals surface area (Å²) in [4.78, 5) is 0. The second-order valence-electron chi connectivity index (χ2n) is 33.7. The van der Waals surface area contributed by atoms with Crippen molar-refractivity contribution in [1.82, 2.24) is 0 Å². The van der Waals surface area contributed by atoms with E-state index in [2.05, 4.69) is 141 Å². The van der Waals surface area contributed by atoms with Crippen LogP contribution in [0.4, 0.5) is 0 Å². The Morgan fingerprint density at radius 2 is 0.583 bits per heavy atom. The molecule has 0 spiro atoms. The summed E-state index contributed by atoms with van der Waals surface area (Å²) in [5, 5.41) is 7.70. The van der Waals surface area contributed by atoms with Crippen LogP contribution in [0.5, 0.6) is 0 Å². The molecule has 0 saturated heterocycles. The van der Waals surface area contributed by atoms with E-state index in [1.54, 1.807) is 48.5 Å². The lowest BCUT2D eigenvalue weighted by molar-refractivity contribution is -0.660. The molecule has 4 aliphatic rings. The number of hydrogen-bond donors (Lipinski definition) is 0. The molecule has 8 aromatic heterocycles. The van der Waals surface area contributed by atoms with Crippen LogP contribution >= 0.6 is 0 Å². The second kappa shape index (κ2) is 27.0. The van der Waals surface area contributed by atoms with Gasteiger partial charge in [0, 0.05) is 134 Å². The van der Waals surface area contributed by atoms with Crippen molar-refractivity contribution in [3.8, 4) is 89.5 Å². The van der Waals surface area contributed by atoms with Gasteiger partial charge in [0.25, 0.3) is 0 Å². The number of nitrogens with zero attached hydrogens (tertiary/aromatic N) is 4. The van der Waals surface area contributed by atoms with Gasteiger partial charge in [-0.25, -0.2) is 18.3 Å². The summed E-state index contributed by atoms with van der Waals surface area (Å²) in [5.74, 6) is 0. The highest BCUT2D eigenvalue weighted by molar-refractivity contribution is 6.19. The summed E-state index contributed by atoms with van der Waals surface area (Å²) in [6.45, 7) is 1.44. The molecule has 0 radical (unpaired) electrons. The maximum atomic E-state index is 8.47. The van der Waals surface area contributed by atoms with Crippen LogP contribution in [0.15, 0.2) is 309 Å². The molecule has 8 nitrogen and oxygen atoms in total. The van der Waals surface area contributed by atoms with Gasteiger partial charge in [-0.2, -0.15) is 0 Å². The number of furan rings is 4. The van der Waals surface area contributed by atoms with Crippen molar-refractivity contribution in [1.29, 1.82) is 0 Å². The Morgan fingerprint density at radius 3 is 1.06 bits per heavy atom. The smallest absolute Gasteiger partial charge is 0.216 e. The molecule has 0 amide bonds. The molecule has 0 fully saturated rings. The Kier molecular flexibility index (Phi) is 13.3. The molecule has 12 aromatic carbocycles. The normalized spacial score (nSPS) is 17.4. The maximum absolute atomic E-state index is 8.47. The van der Waals surface area contributed by atoms with Gasteiger partial charge in [-0.05, 0) is 200 Å². The molecule has 4 aliphatic carbocycles. The van der Waals surface area contributed by atoms with Crippen LogP contribution < -0.4 is 18.3 Å². The van der Waals surface area contributed by atoms with E-state index in [0.717, 1.165) is 127 Å². The van der Waals surface area contributed by atoms with Gasteiger partial charge < -0.3 is 17.7 Å². The molecule has 120 heavy (non-hydrogen) atoms. The monoisotopic (exact) mass is 1580 g/mol. The molecular formula is C112H96N4O4+4. The van der Waals surface area contributed by atoms with Crippen molar-refractivity contribution in [2.45, 2.75) is 104 Å². The van der Waals surface area contributed by atoms with Gasteiger partial charge in [-0.3, -0.25) is 0 Å². The van der Waals surface area contributed by atoms with Crippen LogP contribution in [-0.4, -0.2) is 0 Å². The van der Waals surface area contributed by atoms with E-state index in [4.69, 9.17) is 38.2 Å². The number of benzene rings is 12. The molecule has 0 aliphatic heterocycles. The zero-order valence-corrected chi connectivity index (χ0v) is 68.6. The summed E-state index contributed by atoms with van der Waals surface area (Å²) in [7, 11) is 8.07. The Labute approximate surface area is 721 Å². The van der Waals surface area contributed by atoms with E-state index in [-0.39, 0.29) is 11.0 Å². The van der Waals surface area contributed by atoms with Crippen molar-refractivity contribution >= 4 is 87.8 Å². The van der Waals surface area contributed by atoms with E-state index >= 15 is 0 Å². The van der Waals surface area contributed by atoms with Gasteiger partial charge in [0.05, 0.1) is 22.3 Å². The lowest BCUT2D eigenvalue weighted by atomic mass is 9.80. The lowest BCUT2D eigenvalue weighted by Crippen LogP contribution is -2.30. The van der Waals surface area contributed by atoms with Crippen LogP contribution in [0.2, 0.25) is 0 Å². The zero-order chi connectivity index (χ0) is 95.0. The van der Waals surface area contributed by atoms with E-state index in [0.29, 0.717) is 61.3 Å². The summed E-state index contributed by atoms with van der Waals surface area (Å²) < 4.78 is 161. The summed E-state index contributed by atoms with van der Waals surface area (Å²) >= 11 is 0. The predicted octanol–water partition coefficient (Wildman–Crippen LogP) is 26.8. The first-order chi connectivity index (χ1) is 64.1. The third kappa shape index (κ3) is 10.9. The van der Waals surface area contributed by atoms with Crippen molar-refractivity contribution in [3.05, 3.63) is 358 Å². The van der Waals surface area contributed by atoms with E-state index < -0.39 is 50.5 Å². The van der Waals surface area contributed by atoms with Crippen LogP contribution in [0.3, 0.4) is 0 Å². The second-order valence-corrected chi connectivity index (χ2v) is 33.7. The maximum Gasteiger partial charge on any atom is 0.216 e. The predicted molar refractivity (Wildman–Crippen MR) is 491 cm³/mol. The van der Waals surface area contributed by atoms with E-state index in [1.807, 2.05) is 197 Å².